The van der Waals surface area contributed by atoms with E-state index in [1.807, 2.05) is 0 Å². The molecule has 1 aromatic rings. The first-order chi connectivity index (χ1) is 10.2. The van der Waals surface area contributed by atoms with Crippen LogP contribution in [0.5, 0.6) is 5.75 Å². The van der Waals surface area contributed by atoms with E-state index in [4.69, 9.17) is 9.84 Å². The molecule has 0 spiro atoms. The lowest BCUT2D eigenvalue weighted by Gasteiger charge is -2.21. The Morgan fingerprint density at radius 2 is 2.19 bits per heavy atom. The van der Waals surface area contributed by atoms with Crippen molar-refractivity contribution in [1.29, 1.82) is 0 Å². The minimum absolute atomic E-state index is 0.272. The first-order valence-corrected chi connectivity index (χ1v) is 7.87. The van der Waals surface area contributed by atoms with Crippen molar-refractivity contribution in [3.8, 4) is 5.75 Å². The minimum Gasteiger partial charge on any atom is -0.494 e. The number of ether oxygens (including phenoxy) is 1. The topological polar surface area (TPSA) is 49.8 Å². The highest BCUT2D eigenvalue weighted by Gasteiger charge is 2.23. The molecule has 0 radical (unpaired) electrons. The summed E-state index contributed by atoms with van der Waals surface area (Å²) in [4.78, 5) is 13.4. The quantitative estimate of drug-likeness (QED) is 0.672. The SMILES string of the molecule is CCCN(CCCOc1cccc(C(=O)O)c1)CC1CC1. The Kier molecular flexibility index (Phi) is 6.05. The molecule has 0 bridgehead atoms. The van der Waals surface area contributed by atoms with Gasteiger partial charge in [0.15, 0.2) is 0 Å². The van der Waals surface area contributed by atoms with Gasteiger partial charge in [0.1, 0.15) is 5.75 Å². The summed E-state index contributed by atoms with van der Waals surface area (Å²) >= 11 is 0. The summed E-state index contributed by atoms with van der Waals surface area (Å²) in [5.74, 6) is 0.642. The Morgan fingerprint density at radius 1 is 1.38 bits per heavy atom. The number of carboxylic acids is 1. The summed E-state index contributed by atoms with van der Waals surface area (Å²) in [6.07, 6.45) is 4.94. The van der Waals surface area contributed by atoms with Crippen LogP contribution in [0.3, 0.4) is 0 Å². The number of aromatic carboxylic acids is 1. The van der Waals surface area contributed by atoms with E-state index in [1.165, 1.54) is 25.8 Å². The molecule has 1 fully saturated rings. The second-order valence-electron chi connectivity index (χ2n) is 5.78. The van der Waals surface area contributed by atoms with Gasteiger partial charge in [-0.3, -0.25) is 0 Å². The van der Waals surface area contributed by atoms with Crippen LogP contribution < -0.4 is 4.74 Å². The van der Waals surface area contributed by atoms with Gasteiger partial charge < -0.3 is 14.7 Å². The van der Waals surface area contributed by atoms with Crippen LogP contribution in [0.25, 0.3) is 0 Å². The summed E-state index contributed by atoms with van der Waals surface area (Å²) in [6, 6.07) is 6.68. The molecule has 0 saturated heterocycles. The molecule has 2 rings (SSSR count). The lowest BCUT2D eigenvalue weighted by atomic mass is 10.2. The Hall–Kier alpha value is -1.55. The third-order valence-corrected chi connectivity index (χ3v) is 3.72. The van der Waals surface area contributed by atoms with Gasteiger partial charge in [0.05, 0.1) is 12.2 Å². The van der Waals surface area contributed by atoms with Gasteiger partial charge in [-0.1, -0.05) is 13.0 Å². The number of hydrogen-bond donors (Lipinski definition) is 1. The van der Waals surface area contributed by atoms with E-state index >= 15 is 0 Å². The van der Waals surface area contributed by atoms with Crippen LogP contribution in [0.2, 0.25) is 0 Å². The van der Waals surface area contributed by atoms with Crippen molar-refractivity contribution in [1.82, 2.24) is 4.90 Å². The van der Waals surface area contributed by atoms with Gasteiger partial charge in [-0.2, -0.15) is 0 Å². The number of rotatable bonds is 10. The lowest BCUT2D eigenvalue weighted by Crippen LogP contribution is -2.29. The van der Waals surface area contributed by atoms with Crippen LogP contribution in [0, 0.1) is 5.92 Å². The smallest absolute Gasteiger partial charge is 0.335 e. The molecular formula is C17H25NO3. The van der Waals surface area contributed by atoms with Crippen molar-refractivity contribution in [3.05, 3.63) is 29.8 Å². The summed E-state index contributed by atoms with van der Waals surface area (Å²) in [5.41, 5.74) is 0.272. The van der Waals surface area contributed by atoms with Crippen molar-refractivity contribution >= 4 is 5.97 Å². The highest BCUT2D eigenvalue weighted by Crippen LogP contribution is 2.29. The Labute approximate surface area is 126 Å². The summed E-state index contributed by atoms with van der Waals surface area (Å²) < 4.78 is 5.66. The zero-order chi connectivity index (χ0) is 15.1. The van der Waals surface area contributed by atoms with E-state index < -0.39 is 5.97 Å². The Balaban J connectivity index is 1.70. The minimum atomic E-state index is -0.918. The fraction of sp³-hybridized carbons (Fsp3) is 0.588. The monoisotopic (exact) mass is 291 g/mol. The third-order valence-electron chi connectivity index (χ3n) is 3.72. The lowest BCUT2D eigenvalue weighted by molar-refractivity contribution is 0.0696. The molecule has 1 aromatic carbocycles. The maximum Gasteiger partial charge on any atom is 0.335 e. The van der Waals surface area contributed by atoms with E-state index in [9.17, 15) is 4.79 Å². The largest absolute Gasteiger partial charge is 0.494 e. The van der Waals surface area contributed by atoms with Crippen LogP contribution >= 0.6 is 0 Å². The molecule has 1 N–H and O–H groups in total. The molecule has 4 heteroatoms. The molecule has 116 valence electrons. The van der Waals surface area contributed by atoms with Crippen LogP contribution in [0.15, 0.2) is 24.3 Å². The van der Waals surface area contributed by atoms with Crippen molar-refractivity contribution in [2.75, 3.05) is 26.2 Å². The van der Waals surface area contributed by atoms with Crippen LogP contribution in [0.4, 0.5) is 0 Å². The van der Waals surface area contributed by atoms with Crippen molar-refractivity contribution < 1.29 is 14.6 Å². The number of benzene rings is 1. The highest BCUT2D eigenvalue weighted by atomic mass is 16.5. The molecular weight excluding hydrogens is 266 g/mol. The summed E-state index contributed by atoms with van der Waals surface area (Å²) in [7, 11) is 0. The van der Waals surface area contributed by atoms with Crippen LogP contribution in [-0.2, 0) is 0 Å². The summed E-state index contributed by atoms with van der Waals surface area (Å²) in [6.45, 7) is 6.29. The Bertz CT molecular complexity index is 457. The molecule has 21 heavy (non-hydrogen) atoms. The standard InChI is InChI=1S/C17H25NO3/c1-2-9-18(13-14-7-8-14)10-4-11-21-16-6-3-5-15(12-16)17(19)20/h3,5-6,12,14H,2,4,7-11,13H2,1H3,(H,19,20). The fourth-order valence-corrected chi connectivity index (χ4v) is 2.47. The zero-order valence-corrected chi connectivity index (χ0v) is 12.8. The normalized spacial score (nSPS) is 14.4. The second-order valence-corrected chi connectivity index (χ2v) is 5.78. The third kappa shape index (κ3) is 5.76. The van der Waals surface area contributed by atoms with Crippen LogP contribution in [-0.4, -0.2) is 42.2 Å². The predicted molar refractivity (Wildman–Crippen MR) is 83.0 cm³/mol. The average molecular weight is 291 g/mol. The van der Waals surface area contributed by atoms with E-state index in [-0.39, 0.29) is 5.56 Å². The molecule has 1 saturated carbocycles. The van der Waals surface area contributed by atoms with Crippen molar-refractivity contribution in [3.63, 3.8) is 0 Å². The number of nitrogens with zero attached hydrogens (tertiary/aromatic N) is 1. The molecule has 4 nitrogen and oxygen atoms in total. The van der Waals surface area contributed by atoms with Crippen molar-refractivity contribution in [2.45, 2.75) is 32.6 Å². The van der Waals surface area contributed by atoms with Gasteiger partial charge in [0.2, 0.25) is 0 Å². The number of carboxylic acid groups (broad SMARTS) is 1. The molecule has 0 atom stereocenters. The molecule has 0 unspecified atom stereocenters. The highest BCUT2D eigenvalue weighted by molar-refractivity contribution is 5.87. The predicted octanol–water partition coefficient (Wildman–Crippen LogP) is 3.28. The van der Waals surface area contributed by atoms with Gasteiger partial charge in [-0.25, -0.2) is 4.79 Å². The molecule has 0 amide bonds. The zero-order valence-electron chi connectivity index (χ0n) is 12.8. The average Bonchev–Trinajstić information content (AvgIpc) is 3.28. The maximum atomic E-state index is 10.9. The van der Waals surface area contributed by atoms with Crippen molar-refractivity contribution in [2.24, 2.45) is 5.92 Å². The molecule has 0 aliphatic heterocycles. The molecule has 0 heterocycles. The Morgan fingerprint density at radius 3 is 2.86 bits per heavy atom. The maximum absolute atomic E-state index is 10.9. The van der Waals surface area contributed by atoms with Gasteiger partial charge >= 0.3 is 5.97 Å². The van der Waals surface area contributed by atoms with Crippen LogP contribution in [0.1, 0.15) is 43.0 Å². The summed E-state index contributed by atoms with van der Waals surface area (Å²) in [5, 5.41) is 8.94. The van der Waals surface area contributed by atoms with E-state index in [2.05, 4.69) is 11.8 Å². The van der Waals surface area contributed by atoms with E-state index in [1.54, 1.807) is 24.3 Å². The van der Waals surface area contributed by atoms with Gasteiger partial charge in [0, 0.05) is 13.1 Å². The second kappa shape index (κ2) is 8.03. The first kappa shape index (κ1) is 15.8. The van der Waals surface area contributed by atoms with Gasteiger partial charge in [-0.15, -0.1) is 0 Å². The number of carbonyl (C=O) groups is 1. The van der Waals surface area contributed by atoms with Gasteiger partial charge in [0.25, 0.3) is 0 Å². The van der Waals surface area contributed by atoms with E-state index in [0.717, 1.165) is 25.4 Å². The molecule has 1 aliphatic rings. The molecule has 1 aliphatic carbocycles. The number of hydrogen-bond acceptors (Lipinski definition) is 3. The molecule has 0 aromatic heterocycles. The first-order valence-electron chi connectivity index (χ1n) is 7.87. The fourth-order valence-electron chi connectivity index (χ4n) is 2.47. The van der Waals surface area contributed by atoms with E-state index in [0.29, 0.717) is 12.4 Å². The van der Waals surface area contributed by atoms with Gasteiger partial charge in [-0.05, 0) is 56.3 Å².